The number of phenolic OH excluding ortho intramolecular Hbond substituents is 1. The summed E-state index contributed by atoms with van der Waals surface area (Å²) in [5, 5.41) is 12.8. The zero-order valence-corrected chi connectivity index (χ0v) is 12.7. The van der Waals surface area contributed by atoms with E-state index in [4.69, 9.17) is 12.2 Å². The first kappa shape index (κ1) is 14.5. The second-order valence-corrected chi connectivity index (χ2v) is 5.59. The van der Waals surface area contributed by atoms with Crippen molar-refractivity contribution in [1.82, 2.24) is 10.2 Å². The topological polar surface area (TPSA) is 52.6 Å². The van der Waals surface area contributed by atoms with Crippen LogP contribution in [-0.4, -0.2) is 27.6 Å². The molecule has 4 nitrogen and oxygen atoms in total. The Hall–Kier alpha value is -2.40. The summed E-state index contributed by atoms with van der Waals surface area (Å²) in [4.78, 5) is 14.1. The number of nitrogens with one attached hydrogen (secondary N) is 1. The molecule has 0 aromatic heterocycles. The summed E-state index contributed by atoms with van der Waals surface area (Å²) in [5.74, 6) is 0.129. The summed E-state index contributed by atoms with van der Waals surface area (Å²) in [7, 11) is 0. The Morgan fingerprint density at radius 1 is 1.09 bits per heavy atom. The van der Waals surface area contributed by atoms with E-state index in [2.05, 4.69) is 5.32 Å². The van der Waals surface area contributed by atoms with Gasteiger partial charge in [0.05, 0.1) is 0 Å². The van der Waals surface area contributed by atoms with Crippen molar-refractivity contribution in [2.45, 2.75) is 12.5 Å². The number of amides is 1. The summed E-state index contributed by atoms with van der Waals surface area (Å²) in [6, 6.07) is 16.1. The van der Waals surface area contributed by atoms with Crippen LogP contribution in [0.3, 0.4) is 0 Å². The van der Waals surface area contributed by atoms with Gasteiger partial charge in [-0.3, -0.25) is 9.69 Å². The zero-order valence-electron chi connectivity index (χ0n) is 11.9. The molecule has 1 saturated heterocycles. The van der Waals surface area contributed by atoms with E-state index in [-0.39, 0.29) is 11.7 Å². The molecule has 22 heavy (non-hydrogen) atoms. The van der Waals surface area contributed by atoms with E-state index in [0.717, 1.165) is 12.0 Å². The average Bonchev–Trinajstić information content (AvgIpc) is 2.82. The van der Waals surface area contributed by atoms with Crippen LogP contribution >= 0.6 is 12.2 Å². The Kier molecular flexibility index (Phi) is 4.06. The van der Waals surface area contributed by atoms with Crippen LogP contribution in [0.4, 0.5) is 0 Å². The SMILES string of the molecule is O=C1C(c2ccc(O)cc2)NC(=S)N1CCc1ccccc1. The van der Waals surface area contributed by atoms with Crippen LogP contribution in [0.25, 0.3) is 0 Å². The first-order valence-corrected chi connectivity index (χ1v) is 7.51. The number of phenols is 1. The lowest BCUT2D eigenvalue weighted by Crippen LogP contribution is -2.32. The quantitative estimate of drug-likeness (QED) is 0.851. The Morgan fingerprint density at radius 2 is 1.77 bits per heavy atom. The molecule has 0 radical (unpaired) electrons. The van der Waals surface area contributed by atoms with Gasteiger partial charge in [0.25, 0.3) is 5.91 Å². The maximum atomic E-state index is 12.5. The highest BCUT2D eigenvalue weighted by Crippen LogP contribution is 2.24. The van der Waals surface area contributed by atoms with Crippen molar-refractivity contribution < 1.29 is 9.90 Å². The van der Waals surface area contributed by atoms with E-state index >= 15 is 0 Å². The molecular weight excluding hydrogens is 296 g/mol. The second-order valence-electron chi connectivity index (χ2n) is 5.20. The molecule has 1 aliphatic rings. The predicted molar refractivity (Wildman–Crippen MR) is 88.4 cm³/mol. The van der Waals surface area contributed by atoms with Gasteiger partial charge in [-0.2, -0.15) is 0 Å². The minimum Gasteiger partial charge on any atom is -0.508 e. The van der Waals surface area contributed by atoms with Crippen LogP contribution in [0.5, 0.6) is 5.75 Å². The third-order valence-electron chi connectivity index (χ3n) is 3.72. The molecule has 2 N–H and O–H groups in total. The van der Waals surface area contributed by atoms with Crippen LogP contribution in [0.15, 0.2) is 54.6 Å². The monoisotopic (exact) mass is 312 g/mol. The summed E-state index contributed by atoms with van der Waals surface area (Å²) in [6.07, 6.45) is 0.761. The number of thiocarbonyl (C=S) groups is 1. The lowest BCUT2D eigenvalue weighted by molar-refractivity contribution is -0.127. The zero-order chi connectivity index (χ0) is 15.5. The van der Waals surface area contributed by atoms with Crippen molar-refractivity contribution in [1.29, 1.82) is 0 Å². The van der Waals surface area contributed by atoms with Crippen LogP contribution in [0.2, 0.25) is 0 Å². The number of hydrogen-bond acceptors (Lipinski definition) is 3. The largest absolute Gasteiger partial charge is 0.508 e. The van der Waals surface area contributed by atoms with Crippen LogP contribution in [0.1, 0.15) is 17.2 Å². The molecule has 1 unspecified atom stereocenters. The van der Waals surface area contributed by atoms with Gasteiger partial charge < -0.3 is 10.4 Å². The summed E-state index contributed by atoms with van der Waals surface area (Å²) < 4.78 is 0. The van der Waals surface area contributed by atoms with Crippen LogP contribution < -0.4 is 5.32 Å². The van der Waals surface area contributed by atoms with Crippen molar-refractivity contribution in [3.8, 4) is 5.75 Å². The maximum absolute atomic E-state index is 12.5. The molecule has 0 spiro atoms. The smallest absolute Gasteiger partial charge is 0.255 e. The molecule has 0 saturated carbocycles. The molecule has 3 rings (SSSR count). The molecule has 5 heteroatoms. The fourth-order valence-corrected chi connectivity index (χ4v) is 2.81. The highest BCUT2D eigenvalue weighted by atomic mass is 32.1. The minimum atomic E-state index is -0.469. The van der Waals surface area contributed by atoms with Gasteiger partial charge in [-0.05, 0) is 41.9 Å². The number of hydrogen-bond donors (Lipinski definition) is 2. The lowest BCUT2D eigenvalue weighted by Gasteiger charge is -2.14. The third-order valence-corrected chi connectivity index (χ3v) is 4.06. The minimum absolute atomic E-state index is 0.0494. The van der Waals surface area contributed by atoms with E-state index in [1.807, 2.05) is 30.3 Å². The number of benzene rings is 2. The lowest BCUT2D eigenvalue weighted by atomic mass is 10.1. The molecule has 0 aliphatic carbocycles. The van der Waals surface area contributed by atoms with Gasteiger partial charge >= 0.3 is 0 Å². The standard InChI is InChI=1S/C17H16N2O2S/c20-14-8-6-13(7-9-14)15-16(21)19(17(22)18-15)11-10-12-4-2-1-3-5-12/h1-9,15,20H,10-11H2,(H,18,22). The number of aromatic hydroxyl groups is 1. The van der Waals surface area contributed by atoms with E-state index in [1.54, 1.807) is 29.2 Å². The summed E-state index contributed by atoms with van der Waals surface area (Å²) in [6.45, 7) is 0.559. The number of nitrogens with zero attached hydrogens (tertiary/aromatic N) is 1. The van der Waals surface area contributed by atoms with Gasteiger partial charge in [0.15, 0.2) is 5.11 Å². The number of carbonyl (C=O) groups excluding carboxylic acids is 1. The number of carbonyl (C=O) groups is 1. The van der Waals surface area contributed by atoms with E-state index in [9.17, 15) is 9.90 Å². The molecular formula is C17H16N2O2S. The van der Waals surface area contributed by atoms with Gasteiger partial charge in [-0.25, -0.2) is 0 Å². The fraction of sp³-hybridized carbons (Fsp3) is 0.176. The first-order valence-electron chi connectivity index (χ1n) is 7.10. The third kappa shape index (κ3) is 2.94. The molecule has 2 aromatic rings. The number of rotatable bonds is 4. The molecule has 1 amide bonds. The second kappa shape index (κ2) is 6.15. The van der Waals surface area contributed by atoms with Gasteiger partial charge in [0.1, 0.15) is 11.8 Å². The molecule has 112 valence electrons. The Bertz CT molecular complexity index is 686. The van der Waals surface area contributed by atoms with Crippen LogP contribution in [0, 0.1) is 0 Å². The highest BCUT2D eigenvalue weighted by Gasteiger charge is 2.35. The van der Waals surface area contributed by atoms with E-state index < -0.39 is 6.04 Å². The first-order chi connectivity index (χ1) is 10.6. The van der Waals surface area contributed by atoms with Crippen molar-refractivity contribution in [2.24, 2.45) is 0 Å². The van der Waals surface area contributed by atoms with Gasteiger partial charge in [0, 0.05) is 6.54 Å². The average molecular weight is 312 g/mol. The van der Waals surface area contributed by atoms with Gasteiger partial charge in [-0.1, -0.05) is 42.5 Å². The Morgan fingerprint density at radius 3 is 2.45 bits per heavy atom. The molecule has 1 atom stereocenters. The normalized spacial score (nSPS) is 17.6. The maximum Gasteiger partial charge on any atom is 0.255 e. The molecule has 1 aliphatic heterocycles. The predicted octanol–water partition coefficient (Wildman–Crippen LogP) is 2.39. The van der Waals surface area contributed by atoms with Crippen LogP contribution in [-0.2, 0) is 11.2 Å². The Labute approximate surface area is 134 Å². The Balaban J connectivity index is 1.70. The van der Waals surface area contributed by atoms with Crippen molar-refractivity contribution in [3.05, 3.63) is 65.7 Å². The molecule has 1 heterocycles. The summed E-state index contributed by atoms with van der Waals surface area (Å²) in [5.41, 5.74) is 1.97. The summed E-state index contributed by atoms with van der Waals surface area (Å²) >= 11 is 5.28. The highest BCUT2D eigenvalue weighted by molar-refractivity contribution is 7.80. The van der Waals surface area contributed by atoms with Crippen molar-refractivity contribution >= 4 is 23.2 Å². The van der Waals surface area contributed by atoms with Gasteiger partial charge in [-0.15, -0.1) is 0 Å². The van der Waals surface area contributed by atoms with Crippen molar-refractivity contribution in [3.63, 3.8) is 0 Å². The van der Waals surface area contributed by atoms with Crippen molar-refractivity contribution in [2.75, 3.05) is 6.54 Å². The van der Waals surface area contributed by atoms with Gasteiger partial charge in [0.2, 0.25) is 0 Å². The van der Waals surface area contributed by atoms with E-state index in [1.165, 1.54) is 5.56 Å². The van der Waals surface area contributed by atoms with E-state index in [0.29, 0.717) is 11.7 Å². The molecule has 1 fully saturated rings. The molecule has 0 bridgehead atoms. The molecule has 2 aromatic carbocycles. The fourth-order valence-electron chi connectivity index (χ4n) is 2.51.